The fourth-order valence-corrected chi connectivity index (χ4v) is 5.74. The van der Waals surface area contributed by atoms with Gasteiger partial charge in [-0.05, 0) is 65.7 Å². The zero-order valence-corrected chi connectivity index (χ0v) is 19.1. The average Bonchev–Trinajstić information content (AvgIpc) is 3.39. The summed E-state index contributed by atoms with van der Waals surface area (Å²) in [5, 5.41) is 0. The number of halogens is 1. The zero-order valence-electron chi connectivity index (χ0n) is 17.4. The molecule has 6 nitrogen and oxygen atoms in total. The van der Waals surface area contributed by atoms with Crippen molar-refractivity contribution in [3.63, 3.8) is 0 Å². The molecular formula is C24H18FN3O3S2. The van der Waals surface area contributed by atoms with Crippen molar-refractivity contribution in [2.75, 3.05) is 11.8 Å². The van der Waals surface area contributed by atoms with Crippen molar-refractivity contribution in [1.29, 1.82) is 0 Å². The molecule has 2 aromatic carbocycles. The van der Waals surface area contributed by atoms with E-state index in [4.69, 9.17) is 0 Å². The molecule has 0 spiro atoms. The van der Waals surface area contributed by atoms with Crippen molar-refractivity contribution in [3.05, 3.63) is 90.0 Å². The first kappa shape index (κ1) is 21.3. The Kier molecular flexibility index (Phi) is 5.22. The van der Waals surface area contributed by atoms with Crippen LogP contribution in [-0.4, -0.2) is 31.3 Å². The number of nitrogens with zero attached hydrogens (tertiary/aromatic N) is 2. The number of hydrogen-bond donors (Lipinski definition) is 1. The van der Waals surface area contributed by atoms with E-state index in [1.165, 1.54) is 18.3 Å². The van der Waals surface area contributed by atoms with Gasteiger partial charge >= 0.3 is 0 Å². The van der Waals surface area contributed by atoms with Gasteiger partial charge in [0.05, 0.1) is 16.8 Å². The molecule has 0 saturated carbocycles. The Morgan fingerprint density at radius 3 is 2.45 bits per heavy atom. The van der Waals surface area contributed by atoms with E-state index in [-0.39, 0.29) is 10.8 Å². The van der Waals surface area contributed by atoms with Crippen LogP contribution in [0.2, 0.25) is 0 Å². The summed E-state index contributed by atoms with van der Waals surface area (Å²) in [6, 6.07) is 16.1. The van der Waals surface area contributed by atoms with E-state index in [0.717, 1.165) is 44.1 Å². The molecule has 9 heteroatoms. The van der Waals surface area contributed by atoms with E-state index in [9.17, 15) is 17.6 Å². The predicted octanol–water partition coefficient (Wildman–Crippen LogP) is 5.00. The number of benzene rings is 2. The van der Waals surface area contributed by atoms with Crippen LogP contribution in [0.4, 0.5) is 10.1 Å². The second kappa shape index (κ2) is 8.09. The predicted molar refractivity (Wildman–Crippen MR) is 126 cm³/mol. The minimum atomic E-state index is -3.87. The largest absolute Gasteiger partial charge is 0.337 e. The summed E-state index contributed by atoms with van der Waals surface area (Å²) in [6.07, 6.45) is 3.09. The molecule has 166 valence electrons. The van der Waals surface area contributed by atoms with Crippen LogP contribution in [0.5, 0.6) is 0 Å². The third-order valence-electron chi connectivity index (χ3n) is 5.38. The number of thiophene rings is 1. The van der Waals surface area contributed by atoms with Crippen molar-refractivity contribution in [1.82, 2.24) is 9.88 Å². The maximum Gasteiger partial charge on any atom is 0.261 e. The van der Waals surface area contributed by atoms with Crippen LogP contribution in [0.25, 0.3) is 20.9 Å². The first-order chi connectivity index (χ1) is 15.8. The van der Waals surface area contributed by atoms with Gasteiger partial charge in [-0.15, -0.1) is 11.3 Å². The number of rotatable bonds is 5. The summed E-state index contributed by atoms with van der Waals surface area (Å²) in [6.45, 7) is 0.598. The van der Waals surface area contributed by atoms with E-state index in [1.54, 1.807) is 35.5 Å². The number of nitrogens with one attached hydrogen (secondary N) is 1. The number of sulfonamides is 1. The van der Waals surface area contributed by atoms with Gasteiger partial charge in [-0.3, -0.25) is 14.5 Å². The van der Waals surface area contributed by atoms with Crippen molar-refractivity contribution >= 4 is 33.0 Å². The Balaban J connectivity index is 1.40. The van der Waals surface area contributed by atoms with Crippen molar-refractivity contribution in [2.45, 2.75) is 11.4 Å². The molecule has 1 amide bonds. The van der Waals surface area contributed by atoms with Gasteiger partial charge in [0, 0.05) is 40.7 Å². The molecule has 33 heavy (non-hydrogen) atoms. The number of anilines is 1. The standard InChI is InChI=1S/C24H18FN3O3S2/c1-28-14-17-10-15(2-7-21(17)24(28)29)22-8-9-23(32-22)16-11-19(13-26-12-16)27-33(30,31)20-5-3-18(25)4-6-20/h2-13,27H,14H2,1H3. The van der Waals surface area contributed by atoms with Gasteiger partial charge in [0.1, 0.15) is 5.82 Å². The van der Waals surface area contributed by atoms with E-state index in [2.05, 4.69) is 9.71 Å². The second-order valence-electron chi connectivity index (χ2n) is 7.72. The molecule has 3 heterocycles. The Morgan fingerprint density at radius 1 is 0.970 bits per heavy atom. The second-order valence-corrected chi connectivity index (χ2v) is 10.5. The molecule has 0 radical (unpaired) electrons. The smallest absolute Gasteiger partial charge is 0.261 e. The van der Waals surface area contributed by atoms with Crippen LogP contribution in [0.1, 0.15) is 15.9 Å². The number of carbonyl (C=O) groups excluding carboxylic acids is 1. The summed E-state index contributed by atoms with van der Waals surface area (Å²) < 4.78 is 40.8. The van der Waals surface area contributed by atoms with E-state index in [1.807, 2.05) is 30.3 Å². The van der Waals surface area contributed by atoms with Gasteiger partial charge in [-0.2, -0.15) is 0 Å². The number of hydrogen-bond acceptors (Lipinski definition) is 5. The number of fused-ring (bicyclic) bond motifs is 1. The van der Waals surface area contributed by atoms with Crippen LogP contribution in [0.3, 0.4) is 0 Å². The lowest BCUT2D eigenvalue weighted by atomic mass is 10.1. The lowest BCUT2D eigenvalue weighted by Crippen LogP contribution is -2.17. The summed E-state index contributed by atoms with van der Waals surface area (Å²) >= 11 is 1.55. The number of pyridine rings is 1. The highest BCUT2D eigenvalue weighted by Gasteiger charge is 2.24. The first-order valence-corrected chi connectivity index (χ1v) is 12.3. The summed E-state index contributed by atoms with van der Waals surface area (Å²) in [7, 11) is -2.08. The minimum absolute atomic E-state index is 0.0338. The molecule has 0 aliphatic carbocycles. The van der Waals surface area contributed by atoms with Crippen LogP contribution in [0, 0.1) is 5.82 Å². The topological polar surface area (TPSA) is 79.4 Å². The first-order valence-electron chi connectivity index (χ1n) is 10.0. The quantitative estimate of drug-likeness (QED) is 0.437. The Labute approximate surface area is 194 Å². The van der Waals surface area contributed by atoms with Gasteiger partial charge in [0.25, 0.3) is 15.9 Å². The normalized spacial score (nSPS) is 13.3. The van der Waals surface area contributed by atoms with Crippen LogP contribution >= 0.6 is 11.3 Å². The third kappa shape index (κ3) is 4.12. The number of carbonyl (C=O) groups is 1. The van der Waals surface area contributed by atoms with Gasteiger partial charge < -0.3 is 4.90 Å². The fourth-order valence-electron chi connectivity index (χ4n) is 3.73. The molecule has 0 saturated heterocycles. The number of aromatic nitrogens is 1. The lowest BCUT2D eigenvalue weighted by molar-refractivity contribution is 0.0816. The van der Waals surface area contributed by atoms with Crippen LogP contribution < -0.4 is 4.72 Å². The molecular weight excluding hydrogens is 461 g/mol. The maximum absolute atomic E-state index is 13.1. The highest BCUT2D eigenvalue weighted by Crippen LogP contribution is 2.36. The Bertz CT molecular complexity index is 1480. The number of amides is 1. The van der Waals surface area contributed by atoms with Crippen molar-refractivity contribution < 1.29 is 17.6 Å². The third-order valence-corrected chi connectivity index (χ3v) is 7.96. The van der Waals surface area contributed by atoms with Gasteiger partial charge in [-0.25, -0.2) is 12.8 Å². The Morgan fingerprint density at radius 2 is 1.70 bits per heavy atom. The van der Waals surface area contributed by atoms with Gasteiger partial charge in [0.2, 0.25) is 0 Å². The molecule has 0 unspecified atom stereocenters. The Hall–Kier alpha value is -3.56. The van der Waals surface area contributed by atoms with Crippen LogP contribution in [0.15, 0.2) is 78.0 Å². The summed E-state index contributed by atoms with van der Waals surface area (Å²) in [5.74, 6) is -0.470. The van der Waals surface area contributed by atoms with E-state index in [0.29, 0.717) is 12.2 Å². The fraction of sp³-hybridized carbons (Fsp3) is 0.0833. The molecule has 1 N–H and O–H groups in total. The SMILES string of the molecule is CN1Cc2cc(-c3ccc(-c4cncc(NS(=O)(=O)c5ccc(F)cc5)c4)s3)ccc2C1=O. The zero-order chi connectivity index (χ0) is 23.2. The van der Waals surface area contributed by atoms with Crippen molar-refractivity contribution in [3.8, 4) is 20.9 Å². The highest BCUT2D eigenvalue weighted by molar-refractivity contribution is 7.92. The average molecular weight is 480 g/mol. The van der Waals surface area contributed by atoms with Gasteiger partial charge in [0.15, 0.2) is 0 Å². The lowest BCUT2D eigenvalue weighted by Gasteiger charge is -2.08. The molecule has 4 aromatic rings. The van der Waals surface area contributed by atoms with Gasteiger partial charge in [-0.1, -0.05) is 6.07 Å². The van der Waals surface area contributed by atoms with Crippen LogP contribution in [-0.2, 0) is 16.6 Å². The molecule has 0 fully saturated rings. The van der Waals surface area contributed by atoms with E-state index < -0.39 is 15.8 Å². The highest BCUT2D eigenvalue weighted by atomic mass is 32.2. The summed E-state index contributed by atoms with van der Waals surface area (Å²) in [4.78, 5) is 19.9. The molecule has 0 bridgehead atoms. The minimum Gasteiger partial charge on any atom is -0.337 e. The molecule has 1 aliphatic rings. The maximum atomic E-state index is 13.1. The molecule has 5 rings (SSSR count). The summed E-state index contributed by atoms with van der Waals surface area (Å²) in [5.41, 5.74) is 3.85. The molecule has 0 atom stereocenters. The molecule has 2 aromatic heterocycles. The van der Waals surface area contributed by atoms with Crippen molar-refractivity contribution in [2.24, 2.45) is 0 Å². The molecule has 1 aliphatic heterocycles. The van der Waals surface area contributed by atoms with E-state index >= 15 is 0 Å². The monoisotopic (exact) mass is 479 g/mol.